The average molecular weight is 152 g/mol. The molecule has 0 aliphatic carbocycles. The molecule has 0 radical (unpaired) electrons. The first kappa shape index (κ1) is 9.29. The highest BCUT2D eigenvalue weighted by atomic mass is 16.2. The zero-order chi connectivity index (χ0) is 8.36. The van der Waals surface area contributed by atoms with E-state index >= 15 is 0 Å². The maximum atomic E-state index is 9.06. The molecular weight excluding hydrogens is 144 g/mol. The minimum absolute atomic E-state index is 0.312. The van der Waals surface area contributed by atoms with Crippen LogP contribution in [0.25, 0.3) is 0 Å². The highest BCUT2D eigenvalue weighted by molar-refractivity contribution is 5.67. The van der Waals surface area contributed by atoms with Gasteiger partial charge in [-0.25, -0.2) is 0 Å². The van der Waals surface area contributed by atoms with E-state index in [1.165, 1.54) is 0 Å². The van der Waals surface area contributed by atoms with E-state index in [-0.39, 0.29) is 0 Å². The van der Waals surface area contributed by atoms with Gasteiger partial charge in [0.2, 0.25) is 12.8 Å². The number of amides is 2. The summed E-state index contributed by atoms with van der Waals surface area (Å²) in [4.78, 5) is 21.9. The predicted octanol–water partition coefficient (Wildman–Crippen LogP) is -0.0296. The van der Waals surface area contributed by atoms with Gasteiger partial charge in [0.1, 0.15) is 0 Å². The summed E-state index contributed by atoms with van der Waals surface area (Å²) in [5, 5.41) is 1.75. The molecular formula is C7H8N2O2. The van der Waals surface area contributed by atoms with Crippen molar-refractivity contribution in [1.29, 1.82) is 0 Å². The average Bonchev–Trinajstić information content (AvgIpc) is 2.10. The molecule has 0 aliphatic heterocycles. The van der Waals surface area contributed by atoms with Gasteiger partial charge in [-0.15, -0.1) is 0 Å². The van der Waals surface area contributed by atoms with Gasteiger partial charge < -0.3 is 5.32 Å². The van der Waals surface area contributed by atoms with Crippen molar-refractivity contribution >= 4 is 12.8 Å². The third-order valence-electron chi connectivity index (χ3n) is 0.703. The summed E-state index contributed by atoms with van der Waals surface area (Å²) in [6.07, 6.45) is 4.12. The number of rotatable bonds is 2. The molecule has 1 N–H and O–H groups in total. The molecule has 0 atom stereocenters. The summed E-state index contributed by atoms with van der Waals surface area (Å²) < 4.78 is 0. The van der Waals surface area contributed by atoms with Crippen molar-refractivity contribution in [3.63, 3.8) is 0 Å². The van der Waals surface area contributed by atoms with E-state index in [9.17, 15) is 0 Å². The van der Waals surface area contributed by atoms with Crippen LogP contribution in [-0.2, 0) is 9.59 Å². The number of hydrogen-bond donors (Lipinski definition) is 1. The molecule has 0 saturated heterocycles. The van der Waals surface area contributed by atoms with Crippen LogP contribution in [0.2, 0.25) is 0 Å². The fourth-order valence-corrected chi connectivity index (χ4v) is 0.340. The number of aromatic nitrogens is 1. The first-order valence-corrected chi connectivity index (χ1v) is 2.90. The molecule has 1 aromatic rings. The van der Waals surface area contributed by atoms with E-state index in [4.69, 9.17) is 9.59 Å². The number of pyridine rings is 1. The first-order valence-electron chi connectivity index (χ1n) is 2.90. The Morgan fingerprint density at radius 3 is 1.64 bits per heavy atom. The number of carbonyl (C=O) groups excluding carboxylic acids is 2. The second-order valence-corrected chi connectivity index (χ2v) is 1.43. The first-order chi connectivity index (χ1) is 5.41. The maximum absolute atomic E-state index is 9.06. The highest BCUT2D eigenvalue weighted by Gasteiger charge is 1.58. The monoisotopic (exact) mass is 152 g/mol. The van der Waals surface area contributed by atoms with Crippen LogP contribution < -0.4 is 5.32 Å². The quantitative estimate of drug-likeness (QED) is 0.605. The Morgan fingerprint density at radius 2 is 1.55 bits per heavy atom. The zero-order valence-corrected chi connectivity index (χ0v) is 5.81. The van der Waals surface area contributed by atoms with E-state index in [1.807, 2.05) is 18.2 Å². The van der Waals surface area contributed by atoms with Gasteiger partial charge in [-0.3, -0.25) is 14.6 Å². The van der Waals surface area contributed by atoms with E-state index < -0.39 is 0 Å². The lowest BCUT2D eigenvalue weighted by atomic mass is 10.5. The fourth-order valence-electron chi connectivity index (χ4n) is 0.340. The molecule has 0 spiro atoms. The predicted molar refractivity (Wildman–Crippen MR) is 39.5 cm³/mol. The van der Waals surface area contributed by atoms with Gasteiger partial charge in [0, 0.05) is 12.4 Å². The van der Waals surface area contributed by atoms with Crippen LogP contribution in [0.1, 0.15) is 0 Å². The Balaban J connectivity index is 0.000000187. The molecule has 0 unspecified atom stereocenters. The standard InChI is InChI=1S/C5H5N.C2H3NO2/c1-2-4-6-5-3-1;4-1-3-2-5/h1-5H;1-2H,(H,3,4,5). The molecule has 58 valence electrons. The van der Waals surface area contributed by atoms with Crippen LogP contribution in [0, 0.1) is 0 Å². The normalized spacial score (nSPS) is 6.91. The largest absolute Gasteiger partial charge is 0.302 e. The minimum atomic E-state index is 0.312. The van der Waals surface area contributed by atoms with E-state index in [1.54, 1.807) is 17.7 Å². The van der Waals surface area contributed by atoms with Crippen molar-refractivity contribution in [3.05, 3.63) is 30.6 Å². The summed E-state index contributed by atoms with van der Waals surface area (Å²) in [5.41, 5.74) is 0. The van der Waals surface area contributed by atoms with Crippen molar-refractivity contribution in [1.82, 2.24) is 10.3 Å². The minimum Gasteiger partial charge on any atom is -0.302 e. The molecule has 4 heteroatoms. The highest BCUT2D eigenvalue weighted by Crippen LogP contribution is 1.73. The van der Waals surface area contributed by atoms with Crippen LogP contribution in [-0.4, -0.2) is 17.8 Å². The zero-order valence-electron chi connectivity index (χ0n) is 5.81. The van der Waals surface area contributed by atoms with Crippen molar-refractivity contribution in [2.24, 2.45) is 0 Å². The van der Waals surface area contributed by atoms with E-state index in [0.29, 0.717) is 12.8 Å². The molecule has 2 amide bonds. The Labute approximate surface area is 64.3 Å². The molecule has 0 bridgehead atoms. The molecule has 0 fully saturated rings. The third-order valence-corrected chi connectivity index (χ3v) is 0.703. The Morgan fingerprint density at radius 1 is 1.00 bits per heavy atom. The number of nitrogens with one attached hydrogen (secondary N) is 1. The fraction of sp³-hybridized carbons (Fsp3) is 0. The van der Waals surface area contributed by atoms with E-state index in [2.05, 4.69) is 4.98 Å². The van der Waals surface area contributed by atoms with Gasteiger partial charge in [0.15, 0.2) is 0 Å². The summed E-state index contributed by atoms with van der Waals surface area (Å²) in [6.45, 7) is 0. The molecule has 0 aliphatic rings. The lowest BCUT2D eigenvalue weighted by Gasteiger charge is -1.70. The van der Waals surface area contributed by atoms with Crippen LogP contribution in [0.5, 0.6) is 0 Å². The second-order valence-electron chi connectivity index (χ2n) is 1.43. The van der Waals surface area contributed by atoms with Crippen molar-refractivity contribution < 1.29 is 9.59 Å². The Bertz CT molecular complexity index is 156. The molecule has 4 nitrogen and oxygen atoms in total. The summed E-state index contributed by atoms with van der Waals surface area (Å²) in [7, 11) is 0. The van der Waals surface area contributed by atoms with Crippen molar-refractivity contribution in [3.8, 4) is 0 Å². The van der Waals surface area contributed by atoms with Crippen molar-refractivity contribution in [2.45, 2.75) is 0 Å². The lowest BCUT2D eigenvalue weighted by Crippen LogP contribution is -2.04. The van der Waals surface area contributed by atoms with Gasteiger partial charge in [-0.05, 0) is 12.1 Å². The molecule has 1 rings (SSSR count). The molecule has 0 saturated carbocycles. The summed E-state index contributed by atoms with van der Waals surface area (Å²) in [5.74, 6) is 0. The third kappa shape index (κ3) is 8.29. The van der Waals surface area contributed by atoms with Crippen LogP contribution in [0.15, 0.2) is 30.6 Å². The lowest BCUT2D eigenvalue weighted by molar-refractivity contribution is -0.117. The smallest absolute Gasteiger partial charge is 0.213 e. The van der Waals surface area contributed by atoms with Gasteiger partial charge in [0.05, 0.1) is 0 Å². The number of carbonyl (C=O) groups is 2. The van der Waals surface area contributed by atoms with Crippen LogP contribution in [0.3, 0.4) is 0 Å². The van der Waals surface area contributed by atoms with Gasteiger partial charge in [-0.1, -0.05) is 6.07 Å². The van der Waals surface area contributed by atoms with Crippen LogP contribution in [0.4, 0.5) is 0 Å². The molecule has 1 aromatic heterocycles. The molecule has 0 aromatic carbocycles. The molecule has 11 heavy (non-hydrogen) atoms. The Hall–Kier alpha value is -1.71. The SMILES string of the molecule is O=CNC=O.c1ccncc1. The topological polar surface area (TPSA) is 59.1 Å². The molecule has 1 heterocycles. The number of imide groups is 1. The second kappa shape index (κ2) is 8.29. The summed E-state index contributed by atoms with van der Waals surface area (Å²) >= 11 is 0. The summed E-state index contributed by atoms with van der Waals surface area (Å²) in [6, 6.07) is 5.72. The van der Waals surface area contributed by atoms with Gasteiger partial charge >= 0.3 is 0 Å². The van der Waals surface area contributed by atoms with E-state index in [0.717, 1.165) is 0 Å². The van der Waals surface area contributed by atoms with Crippen molar-refractivity contribution in [2.75, 3.05) is 0 Å². The van der Waals surface area contributed by atoms with Gasteiger partial charge in [0.25, 0.3) is 0 Å². The van der Waals surface area contributed by atoms with Gasteiger partial charge in [-0.2, -0.15) is 0 Å². The number of nitrogens with zero attached hydrogens (tertiary/aromatic N) is 1. The number of hydrogen-bond acceptors (Lipinski definition) is 3. The Kier molecular flexibility index (Phi) is 7.00. The maximum Gasteiger partial charge on any atom is 0.213 e. The van der Waals surface area contributed by atoms with Crippen LogP contribution >= 0.6 is 0 Å².